The Balaban J connectivity index is 2.34. The molecular weight excluding hydrogens is 293 g/mol. The van der Waals surface area contributed by atoms with Crippen molar-refractivity contribution in [2.75, 3.05) is 17.3 Å². The number of halogens is 3. The molecule has 1 aromatic carbocycles. The quantitative estimate of drug-likeness (QED) is 0.895. The maximum Gasteiger partial charge on any atom is 0.416 e. The molecule has 122 valence electrons. The van der Waals surface area contributed by atoms with Crippen molar-refractivity contribution in [3.63, 3.8) is 0 Å². The highest BCUT2D eigenvalue weighted by atomic mass is 19.4. The van der Waals surface area contributed by atoms with Crippen molar-refractivity contribution in [1.82, 2.24) is 0 Å². The van der Waals surface area contributed by atoms with Gasteiger partial charge in [0.2, 0.25) is 5.91 Å². The lowest BCUT2D eigenvalue weighted by Crippen LogP contribution is -2.34. The normalized spacial score (nSPS) is 16.4. The van der Waals surface area contributed by atoms with Crippen LogP contribution in [0.2, 0.25) is 0 Å². The molecular formula is C16H21F3N2O. The van der Waals surface area contributed by atoms with Gasteiger partial charge in [-0.2, -0.15) is 13.2 Å². The molecule has 0 aliphatic heterocycles. The molecule has 6 heteroatoms. The lowest BCUT2D eigenvalue weighted by atomic mass is 9.94. The van der Waals surface area contributed by atoms with E-state index in [1.165, 1.54) is 19.4 Å². The van der Waals surface area contributed by atoms with Crippen molar-refractivity contribution in [2.24, 2.45) is 0 Å². The summed E-state index contributed by atoms with van der Waals surface area (Å²) in [7, 11) is 1.88. The minimum absolute atomic E-state index is 0.218. The lowest BCUT2D eigenvalue weighted by Gasteiger charge is -2.34. The summed E-state index contributed by atoms with van der Waals surface area (Å²) in [5.41, 5.74) is 0.0996. The van der Waals surface area contributed by atoms with Crippen LogP contribution in [-0.4, -0.2) is 19.0 Å². The molecule has 0 saturated heterocycles. The van der Waals surface area contributed by atoms with Gasteiger partial charge in [0.05, 0.1) is 16.9 Å². The Morgan fingerprint density at radius 3 is 2.41 bits per heavy atom. The zero-order chi connectivity index (χ0) is 16.3. The number of benzene rings is 1. The molecule has 0 heterocycles. The maximum atomic E-state index is 12.9. The molecule has 0 bridgehead atoms. The maximum absolute atomic E-state index is 12.9. The minimum Gasteiger partial charge on any atom is -0.370 e. The molecule has 1 aliphatic carbocycles. The highest BCUT2D eigenvalue weighted by Gasteiger charge is 2.32. The molecule has 1 aromatic rings. The number of nitrogens with zero attached hydrogens (tertiary/aromatic N) is 1. The topological polar surface area (TPSA) is 32.3 Å². The van der Waals surface area contributed by atoms with Crippen LogP contribution in [0, 0.1) is 0 Å². The van der Waals surface area contributed by atoms with Crippen LogP contribution >= 0.6 is 0 Å². The van der Waals surface area contributed by atoms with Crippen LogP contribution in [0.1, 0.15) is 44.6 Å². The minimum atomic E-state index is -4.42. The molecule has 0 unspecified atom stereocenters. The molecule has 0 spiro atoms. The summed E-state index contributed by atoms with van der Waals surface area (Å²) in [6.07, 6.45) is 1.09. The van der Waals surface area contributed by atoms with Crippen molar-refractivity contribution in [2.45, 2.75) is 51.2 Å². The van der Waals surface area contributed by atoms with Crippen molar-refractivity contribution >= 4 is 17.3 Å². The highest BCUT2D eigenvalue weighted by Crippen LogP contribution is 2.37. The number of rotatable bonds is 3. The van der Waals surface area contributed by atoms with Crippen LogP contribution < -0.4 is 10.2 Å². The third-order valence-corrected chi connectivity index (χ3v) is 4.14. The average Bonchev–Trinajstić information content (AvgIpc) is 2.46. The van der Waals surface area contributed by atoms with E-state index in [-0.39, 0.29) is 11.6 Å². The first-order valence-electron chi connectivity index (χ1n) is 7.50. The fourth-order valence-corrected chi connectivity index (χ4v) is 2.97. The van der Waals surface area contributed by atoms with Gasteiger partial charge in [-0.15, -0.1) is 0 Å². The van der Waals surface area contributed by atoms with Crippen LogP contribution in [0.5, 0.6) is 0 Å². The van der Waals surface area contributed by atoms with Crippen LogP contribution in [-0.2, 0) is 11.0 Å². The van der Waals surface area contributed by atoms with E-state index in [0.717, 1.165) is 37.8 Å². The van der Waals surface area contributed by atoms with Gasteiger partial charge in [-0.3, -0.25) is 4.79 Å². The Hall–Kier alpha value is -1.72. The fourth-order valence-electron chi connectivity index (χ4n) is 2.97. The molecule has 0 aromatic heterocycles. The predicted molar refractivity (Wildman–Crippen MR) is 81.0 cm³/mol. The van der Waals surface area contributed by atoms with E-state index in [4.69, 9.17) is 0 Å². The molecule has 0 radical (unpaired) electrons. The van der Waals surface area contributed by atoms with E-state index < -0.39 is 11.7 Å². The van der Waals surface area contributed by atoms with Gasteiger partial charge in [0.15, 0.2) is 0 Å². The molecule has 3 nitrogen and oxygen atoms in total. The molecule has 1 amide bonds. The van der Waals surface area contributed by atoms with Crippen molar-refractivity contribution in [3.8, 4) is 0 Å². The first-order valence-corrected chi connectivity index (χ1v) is 7.50. The van der Waals surface area contributed by atoms with Crippen molar-refractivity contribution < 1.29 is 18.0 Å². The van der Waals surface area contributed by atoms with Gasteiger partial charge < -0.3 is 10.2 Å². The number of carbonyl (C=O) groups is 1. The Kier molecular flexibility index (Phi) is 4.98. The summed E-state index contributed by atoms with van der Waals surface area (Å²) in [4.78, 5) is 13.3. The smallest absolute Gasteiger partial charge is 0.370 e. The fraction of sp³-hybridized carbons (Fsp3) is 0.562. The Morgan fingerprint density at radius 1 is 1.23 bits per heavy atom. The van der Waals surface area contributed by atoms with Gasteiger partial charge in [-0.25, -0.2) is 0 Å². The molecule has 22 heavy (non-hydrogen) atoms. The van der Waals surface area contributed by atoms with Gasteiger partial charge in [0, 0.05) is 20.0 Å². The van der Waals surface area contributed by atoms with Gasteiger partial charge in [0.25, 0.3) is 0 Å². The summed E-state index contributed by atoms with van der Waals surface area (Å²) in [5.74, 6) is -0.377. The van der Waals surface area contributed by atoms with Crippen LogP contribution in [0.4, 0.5) is 24.5 Å². The number of anilines is 2. The molecule has 2 rings (SSSR count). The summed E-state index contributed by atoms with van der Waals surface area (Å²) < 4.78 is 38.6. The second-order valence-electron chi connectivity index (χ2n) is 5.81. The Labute approximate surface area is 128 Å². The summed E-state index contributed by atoms with van der Waals surface area (Å²) in [6, 6.07) is 3.83. The van der Waals surface area contributed by atoms with E-state index in [9.17, 15) is 18.0 Å². The average molecular weight is 314 g/mol. The number of nitrogens with one attached hydrogen (secondary N) is 1. The standard InChI is InChI=1S/C16H21F3N2O/c1-11(22)20-14-10-12(16(17,18)19)8-9-15(14)21(2)13-6-4-3-5-7-13/h8-10,13H,3-7H2,1-2H3,(H,20,22). The molecule has 1 aliphatic rings. The monoisotopic (exact) mass is 314 g/mol. The van der Waals surface area contributed by atoms with E-state index >= 15 is 0 Å². The molecule has 1 fully saturated rings. The zero-order valence-electron chi connectivity index (χ0n) is 12.8. The van der Waals surface area contributed by atoms with E-state index in [0.29, 0.717) is 11.7 Å². The number of alkyl halides is 3. The first kappa shape index (κ1) is 16.6. The second kappa shape index (κ2) is 6.58. The first-order chi connectivity index (χ1) is 10.3. The summed E-state index contributed by atoms with van der Waals surface area (Å²) in [6.45, 7) is 1.30. The molecule has 1 N–H and O–H groups in total. The second-order valence-corrected chi connectivity index (χ2v) is 5.81. The summed E-state index contributed by atoms with van der Waals surface area (Å²) in [5, 5.41) is 2.53. The van der Waals surface area contributed by atoms with E-state index in [2.05, 4.69) is 5.32 Å². The number of hydrogen-bond acceptors (Lipinski definition) is 2. The van der Waals surface area contributed by atoms with Gasteiger partial charge in [0.1, 0.15) is 0 Å². The largest absolute Gasteiger partial charge is 0.416 e. The van der Waals surface area contributed by atoms with Crippen LogP contribution in [0.15, 0.2) is 18.2 Å². The van der Waals surface area contributed by atoms with Crippen molar-refractivity contribution in [3.05, 3.63) is 23.8 Å². The number of amides is 1. The lowest BCUT2D eigenvalue weighted by molar-refractivity contribution is -0.137. The van der Waals surface area contributed by atoms with Gasteiger partial charge in [-0.1, -0.05) is 19.3 Å². The molecule has 0 atom stereocenters. The zero-order valence-corrected chi connectivity index (χ0v) is 12.8. The van der Waals surface area contributed by atoms with E-state index in [1.807, 2.05) is 11.9 Å². The molecule has 1 saturated carbocycles. The predicted octanol–water partition coefficient (Wildman–Crippen LogP) is 4.43. The van der Waals surface area contributed by atoms with E-state index in [1.54, 1.807) is 0 Å². The highest BCUT2D eigenvalue weighted by molar-refractivity contribution is 5.93. The number of carbonyl (C=O) groups excluding carboxylic acids is 1. The van der Waals surface area contributed by atoms with Crippen LogP contribution in [0.3, 0.4) is 0 Å². The number of hydrogen-bond donors (Lipinski definition) is 1. The van der Waals surface area contributed by atoms with Crippen molar-refractivity contribution in [1.29, 1.82) is 0 Å². The van der Waals surface area contributed by atoms with Gasteiger partial charge in [-0.05, 0) is 31.0 Å². The Bertz CT molecular complexity index is 537. The summed E-state index contributed by atoms with van der Waals surface area (Å²) >= 11 is 0. The Morgan fingerprint density at radius 2 is 1.86 bits per heavy atom. The SMILES string of the molecule is CC(=O)Nc1cc(C(F)(F)F)ccc1N(C)C1CCCCC1. The third kappa shape index (κ3) is 3.93. The van der Waals surface area contributed by atoms with Crippen LogP contribution in [0.25, 0.3) is 0 Å². The third-order valence-electron chi connectivity index (χ3n) is 4.14. The van der Waals surface area contributed by atoms with Gasteiger partial charge >= 0.3 is 6.18 Å².